The zero-order valence-electron chi connectivity index (χ0n) is 29.1. The molecule has 50 heavy (non-hydrogen) atoms. The molecule has 2 fully saturated rings. The van der Waals surface area contributed by atoms with Crippen LogP contribution in [0.15, 0.2) is 84.9 Å². The molecule has 2 amide bonds. The summed E-state index contributed by atoms with van der Waals surface area (Å²) in [5, 5.41) is 5.87. The van der Waals surface area contributed by atoms with Gasteiger partial charge in [-0.25, -0.2) is 0 Å². The highest BCUT2D eigenvalue weighted by Crippen LogP contribution is 2.29. The molecule has 2 aliphatic heterocycles. The molecule has 0 aromatic heterocycles. The number of hydrogen-bond acceptors (Lipinski definition) is 8. The highest BCUT2D eigenvalue weighted by molar-refractivity contribution is 5.98. The number of epoxide rings is 1. The summed E-state index contributed by atoms with van der Waals surface area (Å²) in [4.78, 5) is 56.7. The molecule has 3 aromatic rings. The summed E-state index contributed by atoms with van der Waals surface area (Å²) < 4.78 is 16.2. The second kappa shape index (κ2) is 18.1. The van der Waals surface area contributed by atoms with Gasteiger partial charge in [-0.3, -0.25) is 24.1 Å². The van der Waals surface area contributed by atoms with Crippen LogP contribution in [0.4, 0.5) is 0 Å². The molecule has 0 aliphatic carbocycles. The van der Waals surface area contributed by atoms with Crippen molar-refractivity contribution in [2.24, 2.45) is 5.92 Å². The van der Waals surface area contributed by atoms with E-state index in [0.29, 0.717) is 25.9 Å². The van der Waals surface area contributed by atoms with Crippen LogP contribution in [0.1, 0.15) is 42.0 Å². The average molecular weight is 684 g/mol. The van der Waals surface area contributed by atoms with Gasteiger partial charge in [0.1, 0.15) is 5.60 Å². The first-order valence-electron chi connectivity index (χ1n) is 17.5. The topological polar surface area (TPSA) is 127 Å². The van der Waals surface area contributed by atoms with Crippen LogP contribution >= 0.6 is 0 Å². The van der Waals surface area contributed by atoms with Gasteiger partial charge in [0.15, 0.2) is 11.6 Å². The molecule has 2 N–H and O–H groups in total. The van der Waals surface area contributed by atoms with Gasteiger partial charge in [0, 0.05) is 33.2 Å². The molecule has 5 rings (SSSR count). The third-order valence-corrected chi connectivity index (χ3v) is 9.39. The molecule has 0 spiro atoms. The molecule has 10 heteroatoms. The number of Topliss-reactive ketones (excluding diaryl/α,β-unsaturated/α-hetero) is 2. The van der Waals surface area contributed by atoms with E-state index in [1.54, 1.807) is 6.92 Å². The summed E-state index contributed by atoms with van der Waals surface area (Å²) in [6.07, 6.45) is 1.21. The van der Waals surface area contributed by atoms with Crippen LogP contribution in [0.2, 0.25) is 0 Å². The molecule has 4 atom stereocenters. The quantitative estimate of drug-likeness (QED) is 0.184. The third kappa shape index (κ3) is 11.1. The number of carbonyl (C=O) groups excluding carboxylic acids is 4. The van der Waals surface area contributed by atoms with E-state index < -0.39 is 29.5 Å². The number of ketones is 2. The monoisotopic (exact) mass is 683 g/mol. The van der Waals surface area contributed by atoms with Crippen LogP contribution in [0.3, 0.4) is 0 Å². The Morgan fingerprint density at radius 3 is 2.06 bits per heavy atom. The Hall–Kier alpha value is -4.22. The number of carbonyl (C=O) groups is 4. The van der Waals surface area contributed by atoms with Gasteiger partial charge in [-0.2, -0.15) is 0 Å². The van der Waals surface area contributed by atoms with Crippen LogP contribution in [0, 0.1) is 5.92 Å². The van der Waals surface area contributed by atoms with Crippen molar-refractivity contribution in [2.45, 2.75) is 63.3 Å². The zero-order chi connectivity index (χ0) is 35.3. The molecule has 2 aliphatic rings. The van der Waals surface area contributed by atoms with E-state index in [0.717, 1.165) is 49.5 Å². The first kappa shape index (κ1) is 37.0. The van der Waals surface area contributed by atoms with Gasteiger partial charge in [-0.15, -0.1) is 0 Å². The Labute approximate surface area is 294 Å². The molecule has 2 heterocycles. The second-order valence-electron chi connectivity index (χ2n) is 13.5. The molecule has 2 saturated heterocycles. The minimum Gasteiger partial charge on any atom is -0.384 e. The van der Waals surface area contributed by atoms with E-state index >= 15 is 0 Å². The maximum atomic E-state index is 13.9. The standard InChI is InChI=1S/C40H49N3O7/c1-40(28-50-40)38(46)35(23-30-11-7-4-8-12-30)42-39(47)33(27-48-2)25-36(44)34(18-17-29-9-5-3-6-10-29)41-37(45)24-31-13-15-32(16-14-31)26-43-19-21-49-22-20-43/h3-16,33-35H,17-28H2,1-2H3,(H,41,45)(H,42,47). The number of aryl methyl sites for hydroxylation is 1. The summed E-state index contributed by atoms with van der Waals surface area (Å²) in [5.74, 6) is -2.06. The molecule has 0 bridgehead atoms. The van der Waals surface area contributed by atoms with E-state index in [1.165, 1.54) is 12.7 Å². The fraction of sp³-hybridized carbons (Fsp3) is 0.450. The normalized spacial score (nSPS) is 19.2. The SMILES string of the molecule is COCC(CC(=O)C(CCc1ccccc1)NC(=O)Cc1ccc(CN2CCOCC2)cc1)C(=O)NC(Cc1ccccc1)C(=O)C1(C)CO1. The van der Waals surface area contributed by atoms with E-state index in [-0.39, 0.29) is 36.9 Å². The smallest absolute Gasteiger partial charge is 0.226 e. The van der Waals surface area contributed by atoms with Gasteiger partial charge in [-0.05, 0) is 48.4 Å². The fourth-order valence-electron chi connectivity index (χ4n) is 6.26. The Morgan fingerprint density at radius 1 is 0.820 bits per heavy atom. The van der Waals surface area contributed by atoms with Gasteiger partial charge >= 0.3 is 0 Å². The lowest BCUT2D eigenvalue weighted by atomic mass is 9.92. The number of methoxy groups -OCH3 is 1. The van der Waals surface area contributed by atoms with Crippen molar-refractivity contribution in [3.63, 3.8) is 0 Å². The van der Waals surface area contributed by atoms with Crippen LogP contribution in [0.5, 0.6) is 0 Å². The van der Waals surface area contributed by atoms with Gasteiger partial charge in [0.2, 0.25) is 11.8 Å². The molecular weight excluding hydrogens is 634 g/mol. The number of morpholine rings is 1. The van der Waals surface area contributed by atoms with Crippen LogP contribution < -0.4 is 10.6 Å². The maximum absolute atomic E-state index is 13.9. The first-order chi connectivity index (χ1) is 24.2. The number of ether oxygens (including phenoxy) is 3. The van der Waals surface area contributed by atoms with E-state index in [2.05, 4.69) is 15.5 Å². The van der Waals surface area contributed by atoms with Crippen molar-refractivity contribution in [1.82, 2.24) is 15.5 Å². The summed E-state index contributed by atoms with van der Waals surface area (Å²) in [6, 6.07) is 25.6. The van der Waals surface area contributed by atoms with Crippen molar-refractivity contribution in [1.29, 1.82) is 0 Å². The van der Waals surface area contributed by atoms with Crippen molar-refractivity contribution < 1.29 is 33.4 Å². The average Bonchev–Trinajstić information content (AvgIpc) is 3.89. The lowest BCUT2D eigenvalue weighted by Gasteiger charge is -2.26. The summed E-state index contributed by atoms with van der Waals surface area (Å²) in [5.41, 5.74) is 3.02. The van der Waals surface area contributed by atoms with Crippen LogP contribution in [-0.2, 0) is 59.2 Å². The number of benzene rings is 3. The Bertz CT molecular complexity index is 1550. The Morgan fingerprint density at radius 2 is 1.44 bits per heavy atom. The van der Waals surface area contributed by atoms with Crippen molar-refractivity contribution in [2.75, 3.05) is 46.6 Å². The Balaban J connectivity index is 1.24. The third-order valence-electron chi connectivity index (χ3n) is 9.39. The van der Waals surface area contributed by atoms with E-state index in [1.807, 2.05) is 84.9 Å². The number of amides is 2. The van der Waals surface area contributed by atoms with Crippen molar-refractivity contribution in [3.05, 3.63) is 107 Å². The first-order valence-corrected chi connectivity index (χ1v) is 17.5. The molecule has 0 radical (unpaired) electrons. The van der Waals surface area contributed by atoms with E-state index in [4.69, 9.17) is 14.2 Å². The van der Waals surface area contributed by atoms with Gasteiger partial charge in [0.05, 0.1) is 50.8 Å². The lowest BCUT2D eigenvalue weighted by Crippen LogP contribution is -2.50. The summed E-state index contributed by atoms with van der Waals surface area (Å²) in [7, 11) is 1.47. The number of rotatable bonds is 19. The summed E-state index contributed by atoms with van der Waals surface area (Å²) in [6.45, 7) is 6.10. The lowest BCUT2D eigenvalue weighted by molar-refractivity contribution is -0.135. The van der Waals surface area contributed by atoms with Crippen LogP contribution in [0.25, 0.3) is 0 Å². The minimum absolute atomic E-state index is 0.0201. The fourth-order valence-corrected chi connectivity index (χ4v) is 6.26. The number of nitrogens with zero attached hydrogens (tertiary/aromatic N) is 1. The predicted molar refractivity (Wildman–Crippen MR) is 189 cm³/mol. The highest BCUT2D eigenvalue weighted by atomic mass is 16.6. The van der Waals surface area contributed by atoms with Crippen molar-refractivity contribution >= 4 is 23.4 Å². The zero-order valence-corrected chi connectivity index (χ0v) is 29.1. The number of nitrogens with one attached hydrogen (secondary N) is 2. The molecule has 266 valence electrons. The van der Waals surface area contributed by atoms with E-state index in [9.17, 15) is 19.2 Å². The Kier molecular flexibility index (Phi) is 13.4. The summed E-state index contributed by atoms with van der Waals surface area (Å²) >= 11 is 0. The molecule has 0 saturated carbocycles. The van der Waals surface area contributed by atoms with Gasteiger partial charge in [0.25, 0.3) is 0 Å². The molecular formula is C40H49N3O7. The molecule has 4 unspecified atom stereocenters. The predicted octanol–water partition coefficient (Wildman–Crippen LogP) is 3.49. The molecule has 3 aromatic carbocycles. The highest BCUT2D eigenvalue weighted by Gasteiger charge is 2.50. The van der Waals surface area contributed by atoms with Crippen LogP contribution in [-0.4, -0.2) is 92.6 Å². The molecule has 10 nitrogen and oxygen atoms in total. The largest absolute Gasteiger partial charge is 0.384 e. The van der Waals surface area contributed by atoms with Crippen molar-refractivity contribution in [3.8, 4) is 0 Å². The second-order valence-corrected chi connectivity index (χ2v) is 13.5. The minimum atomic E-state index is -0.935. The van der Waals surface area contributed by atoms with Gasteiger partial charge < -0.3 is 24.8 Å². The number of hydrogen-bond donors (Lipinski definition) is 2. The van der Waals surface area contributed by atoms with Gasteiger partial charge in [-0.1, -0.05) is 84.9 Å². The maximum Gasteiger partial charge on any atom is 0.226 e.